The molecule has 0 fully saturated rings. The summed E-state index contributed by atoms with van der Waals surface area (Å²) in [5, 5.41) is 9.75. The highest BCUT2D eigenvalue weighted by molar-refractivity contribution is 5.88. The zero-order chi connectivity index (χ0) is 18.7. The molecule has 2 aromatic rings. The Kier molecular flexibility index (Phi) is 5.55. The van der Waals surface area contributed by atoms with E-state index in [0.29, 0.717) is 12.4 Å². The average molecular weight is 347 g/mol. The van der Waals surface area contributed by atoms with E-state index in [1.54, 1.807) is 18.6 Å². The number of carbonyl (C=O) groups excluding carboxylic acids is 1. The minimum absolute atomic E-state index is 0.0707. The van der Waals surface area contributed by atoms with Crippen LogP contribution in [0.2, 0.25) is 0 Å². The van der Waals surface area contributed by atoms with Gasteiger partial charge in [-0.2, -0.15) is 0 Å². The first-order valence-corrected chi connectivity index (χ1v) is 8.52. The topological polar surface area (TPSA) is 85.0 Å². The summed E-state index contributed by atoms with van der Waals surface area (Å²) in [5.74, 6) is 0.354. The van der Waals surface area contributed by atoms with E-state index in [9.17, 15) is 4.79 Å². The van der Waals surface area contributed by atoms with Crippen LogP contribution in [0.3, 0.4) is 0 Å². The second-order valence-corrected chi connectivity index (χ2v) is 8.70. The SMILES string of the molecule is CC(C)(C)Cc1cc(NC(=O)NC(Cn2ccnc2)C(C)(C)C)on1. The zero-order valence-electron chi connectivity index (χ0n) is 16.0. The van der Waals surface area contributed by atoms with Crippen LogP contribution >= 0.6 is 0 Å². The van der Waals surface area contributed by atoms with Gasteiger partial charge in [0.15, 0.2) is 0 Å². The third-order valence-corrected chi connectivity index (χ3v) is 3.81. The van der Waals surface area contributed by atoms with Gasteiger partial charge in [0.05, 0.1) is 18.1 Å². The van der Waals surface area contributed by atoms with Crippen molar-refractivity contribution in [3.8, 4) is 0 Å². The Bertz CT molecular complexity index is 677. The predicted molar refractivity (Wildman–Crippen MR) is 97.3 cm³/mol. The van der Waals surface area contributed by atoms with Gasteiger partial charge in [-0.05, 0) is 17.3 Å². The maximum Gasteiger partial charge on any atom is 0.321 e. The van der Waals surface area contributed by atoms with Crippen LogP contribution in [0.15, 0.2) is 29.3 Å². The van der Waals surface area contributed by atoms with Crippen LogP contribution in [0.4, 0.5) is 10.7 Å². The number of anilines is 1. The Hall–Kier alpha value is -2.31. The van der Waals surface area contributed by atoms with Gasteiger partial charge in [0, 0.05) is 25.0 Å². The molecule has 0 aliphatic heterocycles. The first-order valence-electron chi connectivity index (χ1n) is 8.52. The van der Waals surface area contributed by atoms with Crippen molar-refractivity contribution in [3.63, 3.8) is 0 Å². The number of carbonyl (C=O) groups is 1. The molecule has 0 spiro atoms. The van der Waals surface area contributed by atoms with Gasteiger partial charge in [-0.3, -0.25) is 5.32 Å². The quantitative estimate of drug-likeness (QED) is 0.864. The van der Waals surface area contributed by atoms with Crippen molar-refractivity contribution in [2.24, 2.45) is 10.8 Å². The molecule has 0 aliphatic rings. The maximum absolute atomic E-state index is 12.4. The molecule has 1 unspecified atom stereocenters. The molecule has 7 heteroatoms. The van der Waals surface area contributed by atoms with Crippen LogP contribution in [-0.2, 0) is 13.0 Å². The number of imidazole rings is 1. The first-order chi connectivity index (χ1) is 11.5. The van der Waals surface area contributed by atoms with E-state index in [0.717, 1.165) is 12.1 Å². The molecule has 2 aromatic heterocycles. The first kappa shape index (κ1) is 19.0. The minimum atomic E-state index is -0.307. The third kappa shape index (κ3) is 6.25. The molecule has 0 aliphatic carbocycles. The van der Waals surface area contributed by atoms with Gasteiger partial charge in [-0.15, -0.1) is 0 Å². The van der Waals surface area contributed by atoms with Gasteiger partial charge in [0.1, 0.15) is 0 Å². The van der Waals surface area contributed by atoms with Gasteiger partial charge < -0.3 is 14.4 Å². The van der Waals surface area contributed by atoms with E-state index < -0.39 is 0 Å². The molecule has 0 saturated carbocycles. The average Bonchev–Trinajstić information content (AvgIpc) is 3.07. The van der Waals surface area contributed by atoms with Crippen LogP contribution in [0.1, 0.15) is 47.2 Å². The molecule has 2 N–H and O–H groups in total. The normalized spacial score (nSPS) is 13.5. The number of urea groups is 1. The summed E-state index contributed by atoms with van der Waals surface area (Å²) in [5.41, 5.74) is 0.826. The molecule has 2 rings (SSSR count). The highest BCUT2D eigenvalue weighted by atomic mass is 16.5. The zero-order valence-corrected chi connectivity index (χ0v) is 16.0. The lowest BCUT2D eigenvalue weighted by atomic mass is 9.86. The summed E-state index contributed by atoms with van der Waals surface area (Å²) in [7, 11) is 0. The lowest BCUT2D eigenvalue weighted by Crippen LogP contribution is -2.47. The number of hydrogen-bond acceptors (Lipinski definition) is 4. The molecule has 25 heavy (non-hydrogen) atoms. The molecule has 0 radical (unpaired) electrons. The number of aromatic nitrogens is 3. The van der Waals surface area contributed by atoms with Gasteiger partial charge in [-0.25, -0.2) is 9.78 Å². The number of hydrogen-bond donors (Lipinski definition) is 2. The highest BCUT2D eigenvalue weighted by Crippen LogP contribution is 2.23. The molecule has 2 heterocycles. The van der Waals surface area contributed by atoms with Crippen molar-refractivity contribution in [2.45, 2.75) is 60.5 Å². The van der Waals surface area contributed by atoms with Crippen molar-refractivity contribution >= 4 is 11.9 Å². The molecule has 0 bridgehead atoms. The highest BCUT2D eigenvalue weighted by Gasteiger charge is 2.27. The molecule has 138 valence electrons. The van der Waals surface area contributed by atoms with Crippen LogP contribution in [0.25, 0.3) is 0 Å². The lowest BCUT2D eigenvalue weighted by Gasteiger charge is -2.31. The lowest BCUT2D eigenvalue weighted by molar-refractivity contribution is 0.218. The Labute approximate surface area is 149 Å². The van der Waals surface area contributed by atoms with E-state index in [1.807, 2.05) is 10.8 Å². The van der Waals surface area contributed by atoms with Crippen LogP contribution in [0.5, 0.6) is 0 Å². The van der Waals surface area contributed by atoms with Crippen molar-refractivity contribution in [1.29, 1.82) is 0 Å². The Morgan fingerprint density at radius 3 is 2.56 bits per heavy atom. The number of rotatable bonds is 5. The van der Waals surface area contributed by atoms with Crippen LogP contribution in [-0.4, -0.2) is 26.8 Å². The van der Waals surface area contributed by atoms with Gasteiger partial charge in [0.2, 0.25) is 5.88 Å². The fourth-order valence-electron chi connectivity index (χ4n) is 2.45. The Morgan fingerprint density at radius 1 is 1.28 bits per heavy atom. The minimum Gasteiger partial charge on any atom is -0.338 e. The van der Waals surface area contributed by atoms with Crippen molar-refractivity contribution in [2.75, 3.05) is 5.32 Å². The molecule has 0 aromatic carbocycles. The van der Waals surface area contributed by atoms with E-state index in [1.165, 1.54) is 0 Å². The summed E-state index contributed by atoms with van der Waals surface area (Å²) in [6.45, 7) is 13.3. The Balaban J connectivity index is 1.97. The predicted octanol–water partition coefficient (Wildman–Crippen LogP) is 3.70. The van der Waals surface area contributed by atoms with Crippen LogP contribution < -0.4 is 10.6 Å². The van der Waals surface area contributed by atoms with Gasteiger partial charge >= 0.3 is 6.03 Å². The third-order valence-electron chi connectivity index (χ3n) is 3.81. The van der Waals surface area contributed by atoms with E-state index >= 15 is 0 Å². The smallest absolute Gasteiger partial charge is 0.321 e. The van der Waals surface area contributed by atoms with E-state index in [2.05, 4.69) is 62.3 Å². The maximum atomic E-state index is 12.4. The van der Waals surface area contributed by atoms with Crippen molar-refractivity contribution in [1.82, 2.24) is 20.0 Å². The van der Waals surface area contributed by atoms with E-state index in [4.69, 9.17) is 4.52 Å². The number of nitrogens with one attached hydrogen (secondary N) is 2. The van der Waals surface area contributed by atoms with Gasteiger partial charge in [-0.1, -0.05) is 46.7 Å². The fraction of sp³-hybridized carbons (Fsp3) is 0.611. The van der Waals surface area contributed by atoms with Crippen molar-refractivity contribution < 1.29 is 9.32 Å². The molecule has 1 atom stereocenters. The fourth-order valence-corrected chi connectivity index (χ4v) is 2.45. The largest absolute Gasteiger partial charge is 0.338 e. The Morgan fingerprint density at radius 2 is 2.00 bits per heavy atom. The van der Waals surface area contributed by atoms with Crippen LogP contribution in [0, 0.1) is 10.8 Å². The summed E-state index contributed by atoms with van der Waals surface area (Å²) in [6.07, 6.45) is 6.14. The molecular formula is C18H29N5O2. The summed E-state index contributed by atoms with van der Waals surface area (Å²) in [4.78, 5) is 16.4. The second kappa shape index (κ2) is 7.29. The van der Waals surface area contributed by atoms with Crippen molar-refractivity contribution in [3.05, 3.63) is 30.5 Å². The molecule has 7 nitrogen and oxygen atoms in total. The van der Waals surface area contributed by atoms with Gasteiger partial charge in [0.25, 0.3) is 0 Å². The molecule has 2 amide bonds. The monoisotopic (exact) mass is 347 g/mol. The number of nitrogens with zero attached hydrogens (tertiary/aromatic N) is 3. The summed E-state index contributed by atoms with van der Waals surface area (Å²) >= 11 is 0. The van der Waals surface area contributed by atoms with E-state index in [-0.39, 0.29) is 22.9 Å². The second-order valence-electron chi connectivity index (χ2n) is 8.70. The molecule has 0 saturated heterocycles. The summed E-state index contributed by atoms with van der Waals surface area (Å²) < 4.78 is 7.17. The standard InChI is InChI=1S/C18H29N5O2/c1-17(2,3)10-13-9-15(25-22-13)21-16(24)20-14(18(4,5)6)11-23-8-7-19-12-23/h7-9,12,14H,10-11H2,1-6H3,(H2,20,21,24). The summed E-state index contributed by atoms with van der Waals surface area (Å²) in [6, 6.07) is 1.39. The molecular weight excluding hydrogens is 318 g/mol. The number of amides is 2.